The molecule has 1 aliphatic heterocycles. The second kappa shape index (κ2) is 7.40. The molecule has 5 rings (SSSR count). The van der Waals surface area contributed by atoms with Gasteiger partial charge in [-0.05, 0) is 55.0 Å². The van der Waals surface area contributed by atoms with Crippen molar-refractivity contribution in [3.63, 3.8) is 0 Å². The molecule has 162 valence electrons. The van der Waals surface area contributed by atoms with E-state index in [9.17, 15) is 18.0 Å². The van der Waals surface area contributed by atoms with Crippen LogP contribution in [0.4, 0.5) is 13.2 Å². The van der Waals surface area contributed by atoms with Crippen LogP contribution in [0, 0.1) is 6.92 Å². The molecular weight excluding hydrogens is 417 g/mol. The first kappa shape index (κ1) is 20.1. The fourth-order valence-corrected chi connectivity index (χ4v) is 4.04. The second-order valence-electron chi connectivity index (χ2n) is 7.83. The molecule has 1 aliphatic rings. The van der Waals surface area contributed by atoms with Crippen LogP contribution in [0.15, 0.2) is 73.1 Å². The third-order valence-electron chi connectivity index (χ3n) is 5.55. The highest BCUT2D eigenvalue weighted by molar-refractivity contribution is 5.94. The van der Waals surface area contributed by atoms with Crippen LogP contribution < -0.4 is 0 Å². The van der Waals surface area contributed by atoms with E-state index in [0.29, 0.717) is 0 Å². The number of aryl methyl sites for hydroxylation is 1. The zero-order valence-electron chi connectivity index (χ0n) is 17.2. The summed E-state index contributed by atoms with van der Waals surface area (Å²) in [7, 11) is 0. The predicted octanol–water partition coefficient (Wildman–Crippen LogP) is 5.15. The summed E-state index contributed by atoms with van der Waals surface area (Å²) in [5.74, 6) is 0.365. The van der Waals surface area contributed by atoms with Gasteiger partial charge in [0.05, 0.1) is 30.0 Å². The maximum atomic E-state index is 13.1. The molecule has 2 aromatic heterocycles. The predicted molar refractivity (Wildman–Crippen MR) is 113 cm³/mol. The summed E-state index contributed by atoms with van der Waals surface area (Å²) in [6, 6.07) is 16.3. The van der Waals surface area contributed by atoms with E-state index in [0.717, 1.165) is 40.5 Å². The molecule has 2 aromatic carbocycles. The Bertz CT molecular complexity index is 1310. The highest BCUT2D eigenvalue weighted by Crippen LogP contribution is 2.33. The number of fused-ring (bicyclic) bond motifs is 1. The van der Waals surface area contributed by atoms with Gasteiger partial charge in [-0.2, -0.15) is 18.3 Å². The van der Waals surface area contributed by atoms with E-state index in [-0.39, 0.29) is 18.7 Å². The first-order chi connectivity index (χ1) is 15.3. The van der Waals surface area contributed by atoms with Gasteiger partial charge in [-0.1, -0.05) is 18.2 Å². The van der Waals surface area contributed by atoms with Crippen molar-refractivity contribution in [3.8, 4) is 11.5 Å². The SMILES string of the molecule is Cc1cccc(-n2nc3c(c2-n2cccc2)CN(C(=O)c2cccc(C(F)(F)F)c2)C3)c1. The van der Waals surface area contributed by atoms with E-state index in [1.807, 2.05) is 65.0 Å². The molecule has 0 aliphatic carbocycles. The summed E-state index contributed by atoms with van der Waals surface area (Å²) >= 11 is 0. The molecule has 0 radical (unpaired) electrons. The molecule has 0 spiro atoms. The lowest BCUT2D eigenvalue weighted by Gasteiger charge is -2.18. The number of benzene rings is 2. The molecule has 3 heterocycles. The first-order valence-electron chi connectivity index (χ1n) is 10.1. The molecule has 0 N–H and O–H groups in total. The van der Waals surface area contributed by atoms with E-state index >= 15 is 0 Å². The van der Waals surface area contributed by atoms with Crippen LogP contribution in [0.2, 0.25) is 0 Å². The zero-order chi connectivity index (χ0) is 22.5. The monoisotopic (exact) mass is 436 g/mol. The highest BCUT2D eigenvalue weighted by Gasteiger charge is 2.34. The van der Waals surface area contributed by atoms with Crippen molar-refractivity contribution in [2.75, 3.05) is 0 Å². The molecule has 5 nitrogen and oxygen atoms in total. The van der Waals surface area contributed by atoms with E-state index in [4.69, 9.17) is 5.10 Å². The number of amides is 1. The standard InChI is InChI=1S/C24H19F3N4O/c1-16-6-4-9-19(12-16)31-22(29-10-2-3-11-29)20-14-30(15-21(20)28-31)23(32)17-7-5-8-18(13-17)24(25,26)27/h2-13H,14-15H2,1H3. The van der Waals surface area contributed by atoms with Gasteiger partial charge >= 0.3 is 6.18 Å². The summed E-state index contributed by atoms with van der Waals surface area (Å²) in [4.78, 5) is 14.5. The average molecular weight is 436 g/mol. The lowest BCUT2D eigenvalue weighted by Crippen LogP contribution is -2.26. The summed E-state index contributed by atoms with van der Waals surface area (Å²) < 4.78 is 43.0. The molecule has 1 amide bonds. The van der Waals surface area contributed by atoms with Crippen LogP contribution in [0.3, 0.4) is 0 Å². The smallest absolute Gasteiger partial charge is 0.328 e. The average Bonchev–Trinajstić information content (AvgIpc) is 3.48. The molecule has 4 aromatic rings. The minimum Gasteiger partial charge on any atom is -0.328 e. The molecule has 32 heavy (non-hydrogen) atoms. The molecule has 0 atom stereocenters. The number of halogens is 3. The van der Waals surface area contributed by atoms with Gasteiger partial charge in [0.15, 0.2) is 0 Å². The fourth-order valence-electron chi connectivity index (χ4n) is 4.04. The van der Waals surface area contributed by atoms with Crippen molar-refractivity contribution in [1.29, 1.82) is 0 Å². The Labute approximate surface area is 182 Å². The van der Waals surface area contributed by atoms with Crippen molar-refractivity contribution in [1.82, 2.24) is 19.2 Å². The van der Waals surface area contributed by atoms with Crippen molar-refractivity contribution in [2.45, 2.75) is 26.2 Å². The maximum absolute atomic E-state index is 13.1. The van der Waals surface area contributed by atoms with E-state index < -0.39 is 17.6 Å². The normalized spacial score (nSPS) is 13.4. The molecule has 8 heteroatoms. The molecule has 0 saturated heterocycles. The maximum Gasteiger partial charge on any atom is 0.416 e. The molecular formula is C24H19F3N4O. The minimum atomic E-state index is -4.50. The van der Waals surface area contributed by atoms with Crippen LogP contribution in [0.25, 0.3) is 11.5 Å². The van der Waals surface area contributed by atoms with E-state index in [1.165, 1.54) is 17.0 Å². The Balaban J connectivity index is 1.51. The number of hydrogen-bond acceptors (Lipinski definition) is 2. The number of carbonyl (C=O) groups is 1. The van der Waals surface area contributed by atoms with Gasteiger partial charge in [-0.15, -0.1) is 0 Å². The van der Waals surface area contributed by atoms with Crippen molar-refractivity contribution < 1.29 is 18.0 Å². The van der Waals surface area contributed by atoms with Crippen molar-refractivity contribution in [2.24, 2.45) is 0 Å². The van der Waals surface area contributed by atoms with Crippen molar-refractivity contribution in [3.05, 3.63) is 101 Å². The first-order valence-corrected chi connectivity index (χ1v) is 10.1. The summed E-state index contributed by atoms with van der Waals surface area (Å²) in [6.07, 6.45) is -0.692. The quantitative estimate of drug-likeness (QED) is 0.446. The van der Waals surface area contributed by atoms with Gasteiger partial charge in [0.2, 0.25) is 0 Å². The van der Waals surface area contributed by atoms with Crippen LogP contribution in [-0.4, -0.2) is 25.2 Å². The van der Waals surface area contributed by atoms with Gasteiger partial charge < -0.3 is 9.47 Å². The van der Waals surface area contributed by atoms with Crippen LogP contribution in [-0.2, 0) is 19.3 Å². The van der Waals surface area contributed by atoms with Gasteiger partial charge in [0.1, 0.15) is 5.82 Å². The topological polar surface area (TPSA) is 43.1 Å². The molecule has 0 unspecified atom stereocenters. The molecule has 0 saturated carbocycles. The van der Waals surface area contributed by atoms with Crippen LogP contribution in [0.5, 0.6) is 0 Å². The highest BCUT2D eigenvalue weighted by atomic mass is 19.4. The Morgan fingerprint density at radius 2 is 1.72 bits per heavy atom. The number of hydrogen-bond donors (Lipinski definition) is 0. The van der Waals surface area contributed by atoms with Crippen LogP contribution in [0.1, 0.15) is 32.7 Å². The zero-order valence-corrected chi connectivity index (χ0v) is 17.2. The van der Waals surface area contributed by atoms with Crippen LogP contribution >= 0.6 is 0 Å². The van der Waals surface area contributed by atoms with Gasteiger partial charge in [-0.3, -0.25) is 4.79 Å². The summed E-state index contributed by atoms with van der Waals surface area (Å²) in [6.45, 7) is 2.51. The van der Waals surface area contributed by atoms with E-state index in [1.54, 1.807) is 0 Å². The van der Waals surface area contributed by atoms with Gasteiger partial charge in [0.25, 0.3) is 5.91 Å². The third kappa shape index (κ3) is 3.47. The second-order valence-corrected chi connectivity index (χ2v) is 7.83. The number of rotatable bonds is 3. The van der Waals surface area contributed by atoms with Gasteiger partial charge in [-0.25, -0.2) is 4.68 Å². The number of aromatic nitrogens is 3. The number of nitrogens with zero attached hydrogens (tertiary/aromatic N) is 4. The largest absolute Gasteiger partial charge is 0.416 e. The fraction of sp³-hybridized carbons (Fsp3) is 0.167. The van der Waals surface area contributed by atoms with Crippen molar-refractivity contribution >= 4 is 5.91 Å². The minimum absolute atomic E-state index is 0.0130. The van der Waals surface area contributed by atoms with E-state index in [2.05, 4.69) is 0 Å². The summed E-state index contributed by atoms with van der Waals surface area (Å²) in [5, 5.41) is 4.76. The molecule has 0 bridgehead atoms. The molecule has 0 fully saturated rings. The summed E-state index contributed by atoms with van der Waals surface area (Å²) in [5.41, 5.74) is 2.78. The lowest BCUT2D eigenvalue weighted by atomic mass is 10.1. The van der Waals surface area contributed by atoms with Gasteiger partial charge in [0, 0.05) is 23.5 Å². The number of carbonyl (C=O) groups excluding carboxylic acids is 1. The Morgan fingerprint density at radius 1 is 0.969 bits per heavy atom. The Kier molecular flexibility index (Phi) is 4.65. The number of alkyl halides is 3. The Hall–Kier alpha value is -3.81. The Morgan fingerprint density at radius 3 is 2.44 bits per heavy atom. The third-order valence-corrected chi connectivity index (χ3v) is 5.55. The lowest BCUT2D eigenvalue weighted by molar-refractivity contribution is -0.137.